The van der Waals surface area contributed by atoms with Gasteiger partial charge in [0.05, 0.1) is 26.5 Å². The van der Waals surface area contributed by atoms with Crippen LogP contribution in [0.25, 0.3) is 11.0 Å². The molecule has 1 aliphatic rings. The van der Waals surface area contributed by atoms with Gasteiger partial charge in [0.2, 0.25) is 0 Å². The molecule has 1 saturated heterocycles. The number of methoxy groups -OCH3 is 2. The van der Waals surface area contributed by atoms with Gasteiger partial charge in [-0.1, -0.05) is 17.3 Å². The number of para-hydroxylation sites is 1. The Morgan fingerprint density at radius 1 is 1.03 bits per heavy atom. The summed E-state index contributed by atoms with van der Waals surface area (Å²) in [4.78, 5) is 2.50. The molecule has 1 aromatic heterocycles. The molecule has 30 heavy (non-hydrogen) atoms. The normalized spacial score (nSPS) is 15.0. The highest BCUT2D eigenvalue weighted by molar-refractivity contribution is 5.85. The van der Waals surface area contributed by atoms with E-state index in [1.165, 1.54) is 0 Å². The third-order valence-electron chi connectivity index (χ3n) is 5.63. The van der Waals surface area contributed by atoms with E-state index < -0.39 is 0 Å². The maximum absolute atomic E-state index is 5.94. The molecule has 7 heteroatoms. The van der Waals surface area contributed by atoms with Gasteiger partial charge < -0.3 is 23.6 Å². The zero-order chi connectivity index (χ0) is 20.1. The van der Waals surface area contributed by atoms with E-state index in [0.29, 0.717) is 12.5 Å². The Balaban J connectivity index is 0.00000256. The van der Waals surface area contributed by atoms with Crippen molar-refractivity contribution in [1.29, 1.82) is 0 Å². The molecule has 4 rings (SSSR count). The molecular weight excluding hydrogens is 404 g/mol. The number of nitrogens with zero attached hydrogens (tertiary/aromatic N) is 2. The standard InChI is InChI=1S/C23H28N2O4.ClH/c1-26-18-8-9-21(27-2)22(16-18)28-15-5-12-25-13-10-17(11-14-25)23-19-6-3-4-7-20(19)29-24-23;/h3-4,6-9,16-17H,5,10-15H2,1-2H3;1H. The minimum atomic E-state index is 0. The summed E-state index contributed by atoms with van der Waals surface area (Å²) in [5.41, 5.74) is 2.00. The molecule has 162 valence electrons. The number of fused-ring (bicyclic) bond motifs is 1. The van der Waals surface area contributed by atoms with Gasteiger partial charge in [0, 0.05) is 23.9 Å². The first-order valence-corrected chi connectivity index (χ1v) is 10.2. The number of ether oxygens (including phenoxy) is 3. The zero-order valence-electron chi connectivity index (χ0n) is 17.5. The average Bonchev–Trinajstić information content (AvgIpc) is 3.21. The largest absolute Gasteiger partial charge is 0.497 e. The van der Waals surface area contributed by atoms with E-state index in [4.69, 9.17) is 18.7 Å². The molecule has 0 atom stereocenters. The van der Waals surface area contributed by atoms with Crippen molar-refractivity contribution in [3.63, 3.8) is 0 Å². The fourth-order valence-corrected chi connectivity index (χ4v) is 4.00. The quantitative estimate of drug-likeness (QED) is 0.471. The lowest BCUT2D eigenvalue weighted by atomic mass is 9.91. The van der Waals surface area contributed by atoms with Crippen molar-refractivity contribution in [2.24, 2.45) is 0 Å². The van der Waals surface area contributed by atoms with Gasteiger partial charge in [-0.3, -0.25) is 0 Å². The first-order chi connectivity index (χ1) is 14.3. The minimum absolute atomic E-state index is 0. The molecule has 2 aromatic carbocycles. The summed E-state index contributed by atoms with van der Waals surface area (Å²) >= 11 is 0. The smallest absolute Gasteiger partial charge is 0.167 e. The molecule has 1 aliphatic heterocycles. The van der Waals surface area contributed by atoms with Crippen LogP contribution in [-0.2, 0) is 0 Å². The van der Waals surface area contributed by atoms with Crippen molar-refractivity contribution in [3.8, 4) is 17.2 Å². The second-order valence-corrected chi connectivity index (χ2v) is 7.40. The topological polar surface area (TPSA) is 57.0 Å². The Labute approximate surface area is 183 Å². The van der Waals surface area contributed by atoms with E-state index in [2.05, 4.69) is 22.2 Å². The number of likely N-dealkylation sites (tertiary alicyclic amines) is 1. The summed E-state index contributed by atoms with van der Waals surface area (Å²) in [5.74, 6) is 2.70. The lowest BCUT2D eigenvalue weighted by Gasteiger charge is -2.31. The Bertz CT molecular complexity index is 938. The fraction of sp³-hybridized carbons (Fsp3) is 0.435. The van der Waals surface area contributed by atoms with Crippen LogP contribution in [0.4, 0.5) is 0 Å². The Kier molecular flexibility index (Phi) is 7.82. The summed E-state index contributed by atoms with van der Waals surface area (Å²) < 4.78 is 22.1. The molecule has 6 nitrogen and oxygen atoms in total. The molecule has 0 aliphatic carbocycles. The number of hydrogen-bond acceptors (Lipinski definition) is 6. The maximum Gasteiger partial charge on any atom is 0.167 e. The predicted octanol–water partition coefficient (Wildman–Crippen LogP) is 4.92. The Morgan fingerprint density at radius 3 is 2.60 bits per heavy atom. The number of benzene rings is 2. The van der Waals surface area contributed by atoms with E-state index in [0.717, 1.165) is 72.8 Å². The SMILES string of the molecule is COc1ccc(OC)c(OCCCN2CCC(c3noc4ccccc34)CC2)c1.Cl. The number of halogens is 1. The molecule has 3 aromatic rings. The van der Waals surface area contributed by atoms with Gasteiger partial charge in [0.25, 0.3) is 0 Å². The molecule has 0 amide bonds. The molecule has 0 bridgehead atoms. The molecule has 0 saturated carbocycles. The van der Waals surface area contributed by atoms with Gasteiger partial charge in [-0.15, -0.1) is 12.4 Å². The van der Waals surface area contributed by atoms with Crippen LogP contribution in [0.2, 0.25) is 0 Å². The minimum Gasteiger partial charge on any atom is -0.497 e. The maximum atomic E-state index is 5.94. The van der Waals surface area contributed by atoms with Gasteiger partial charge in [0.1, 0.15) is 5.75 Å². The molecular formula is C23H29ClN2O4. The third kappa shape index (κ3) is 4.99. The van der Waals surface area contributed by atoms with Crippen molar-refractivity contribution < 1.29 is 18.7 Å². The summed E-state index contributed by atoms with van der Waals surface area (Å²) in [6.45, 7) is 3.83. The number of aromatic nitrogens is 1. The van der Waals surface area contributed by atoms with E-state index in [1.54, 1.807) is 14.2 Å². The molecule has 0 unspecified atom stereocenters. The zero-order valence-corrected chi connectivity index (χ0v) is 18.3. The number of rotatable bonds is 8. The average molecular weight is 433 g/mol. The van der Waals surface area contributed by atoms with Crippen molar-refractivity contribution in [2.45, 2.75) is 25.2 Å². The third-order valence-corrected chi connectivity index (χ3v) is 5.63. The second-order valence-electron chi connectivity index (χ2n) is 7.40. The van der Waals surface area contributed by atoms with Crippen LogP contribution in [0.15, 0.2) is 47.0 Å². The van der Waals surface area contributed by atoms with Crippen molar-refractivity contribution in [2.75, 3.05) is 40.5 Å². The van der Waals surface area contributed by atoms with Gasteiger partial charge in [-0.2, -0.15) is 0 Å². The van der Waals surface area contributed by atoms with E-state index in [1.807, 2.05) is 30.3 Å². The first-order valence-electron chi connectivity index (χ1n) is 10.2. The number of hydrogen-bond donors (Lipinski definition) is 0. The van der Waals surface area contributed by atoms with Crippen LogP contribution in [-0.4, -0.2) is 50.5 Å². The van der Waals surface area contributed by atoms with Crippen molar-refractivity contribution >= 4 is 23.4 Å². The van der Waals surface area contributed by atoms with Crippen LogP contribution < -0.4 is 14.2 Å². The number of piperidine rings is 1. The summed E-state index contributed by atoms with van der Waals surface area (Å²) in [7, 11) is 3.30. The first kappa shape index (κ1) is 22.2. The molecule has 0 spiro atoms. The van der Waals surface area contributed by atoms with Crippen molar-refractivity contribution in [1.82, 2.24) is 10.1 Å². The summed E-state index contributed by atoms with van der Waals surface area (Å²) in [5, 5.41) is 5.51. The summed E-state index contributed by atoms with van der Waals surface area (Å²) in [6, 6.07) is 13.7. The summed E-state index contributed by atoms with van der Waals surface area (Å²) in [6.07, 6.45) is 3.19. The van der Waals surface area contributed by atoms with E-state index in [9.17, 15) is 0 Å². The molecule has 0 N–H and O–H groups in total. The monoisotopic (exact) mass is 432 g/mol. The molecule has 2 heterocycles. The predicted molar refractivity (Wildman–Crippen MR) is 119 cm³/mol. The Hall–Kier alpha value is -2.44. The van der Waals surface area contributed by atoms with Gasteiger partial charge in [0.15, 0.2) is 17.1 Å². The van der Waals surface area contributed by atoms with E-state index in [-0.39, 0.29) is 12.4 Å². The van der Waals surface area contributed by atoms with Gasteiger partial charge in [-0.05, 0) is 56.6 Å². The van der Waals surface area contributed by atoms with Gasteiger partial charge >= 0.3 is 0 Å². The highest BCUT2D eigenvalue weighted by Gasteiger charge is 2.24. The van der Waals surface area contributed by atoms with Crippen molar-refractivity contribution in [3.05, 3.63) is 48.2 Å². The highest BCUT2D eigenvalue weighted by atomic mass is 35.5. The molecule has 0 radical (unpaired) electrons. The van der Waals surface area contributed by atoms with Crippen LogP contribution in [0.5, 0.6) is 17.2 Å². The van der Waals surface area contributed by atoms with Crippen LogP contribution >= 0.6 is 12.4 Å². The lowest BCUT2D eigenvalue weighted by molar-refractivity contribution is 0.189. The van der Waals surface area contributed by atoms with Gasteiger partial charge in [-0.25, -0.2) is 0 Å². The van der Waals surface area contributed by atoms with Crippen LogP contribution in [0, 0.1) is 0 Å². The van der Waals surface area contributed by atoms with Crippen LogP contribution in [0.1, 0.15) is 30.9 Å². The van der Waals surface area contributed by atoms with E-state index >= 15 is 0 Å². The Morgan fingerprint density at radius 2 is 1.83 bits per heavy atom. The lowest BCUT2D eigenvalue weighted by Crippen LogP contribution is -2.34. The highest BCUT2D eigenvalue weighted by Crippen LogP contribution is 2.33. The second kappa shape index (κ2) is 10.5. The molecule has 1 fully saturated rings. The van der Waals surface area contributed by atoms with Crippen LogP contribution in [0.3, 0.4) is 0 Å². The fourth-order valence-electron chi connectivity index (χ4n) is 4.00.